The molecule has 54 heavy (non-hydrogen) atoms. The second-order valence-corrected chi connectivity index (χ2v) is 15.2. The van der Waals surface area contributed by atoms with E-state index in [9.17, 15) is 9.59 Å². The number of likely N-dealkylation sites (tertiary alicyclic amines) is 2. The molecule has 11 heteroatoms. The zero-order valence-corrected chi connectivity index (χ0v) is 31.8. The maximum atomic E-state index is 15.6. The first-order valence-corrected chi connectivity index (χ1v) is 19.1. The van der Waals surface area contributed by atoms with Crippen LogP contribution >= 0.6 is 0 Å². The lowest BCUT2D eigenvalue weighted by Crippen LogP contribution is -2.43. The Balaban J connectivity index is 1.04. The third-order valence-electron chi connectivity index (χ3n) is 10.6. The van der Waals surface area contributed by atoms with E-state index < -0.39 is 5.60 Å². The van der Waals surface area contributed by atoms with Crippen LogP contribution in [0.3, 0.4) is 0 Å². The molecule has 10 nitrogen and oxygen atoms in total. The largest absolute Gasteiger partial charge is 0.444 e. The van der Waals surface area contributed by atoms with E-state index in [1.54, 1.807) is 17.2 Å². The van der Waals surface area contributed by atoms with Gasteiger partial charge in [-0.3, -0.25) is 14.6 Å². The van der Waals surface area contributed by atoms with Crippen molar-refractivity contribution in [2.45, 2.75) is 84.0 Å². The third-order valence-corrected chi connectivity index (χ3v) is 10.6. The summed E-state index contributed by atoms with van der Waals surface area (Å²) >= 11 is 0. The predicted molar refractivity (Wildman–Crippen MR) is 208 cm³/mol. The van der Waals surface area contributed by atoms with E-state index in [0.29, 0.717) is 30.2 Å². The minimum Gasteiger partial charge on any atom is -0.444 e. The fourth-order valence-electron chi connectivity index (χ4n) is 7.85. The van der Waals surface area contributed by atoms with E-state index >= 15 is 4.39 Å². The number of hydrogen-bond acceptors (Lipinski definition) is 6. The molecule has 2 saturated heterocycles. The molecule has 0 spiro atoms. The van der Waals surface area contributed by atoms with Gasteiger partial charge in [-0.1, -0.05) is 74.5 Å². The van der Waals surface area contributed by atoms with Crippen molar-refractivity contribution in [3.05, 3.63) is 108 Å². The fourth-order valence-corrected chi connectivity index (χ4v) is 7.85. The van der Waals surface area contributed by atoms with Gasteiger partial charge in [0, 0.05) is 18.7 Å². The summed E-state index contributed by atoms with van der Waals surface area (Å²) in [6.45, 7) is 12.6. The van der Waals surface area contributed by atoms with E-state index in [-0.39, 0.29) is 35.9 Å². The van der Waals surface area contributed by atoms with Crippen molar-refractivity contribution in [1.29, 1.82) is 0 Å². The quantitative estimate of drug-likeness (QED) is 0.148. The number of halogens is 1. The van der Waals surface area contributed by atoms with Gasteiger partial charge in [0.2, 0.25) is 5.91 Å². The number of carbonyl (C=O) groups excluding carboxylic acids is 2. The number of hydrogen-bond donors (Lipinski definition) is 2. The summed E-state index contributed by atoms with van der Waals surface area (Å²) in [6, 6.07) is 22.5. The number of likely N-dealkylation sites (N-methyl/N-ethyl adjacent to an activating group) is 1. The van der Waals surface area contributed by atoms with Crippen LogP contribution in [0.1, 0.15) is 95.6 Å². The van der Waals surface area contributed by atoms with Gasteiger partial charge in [0.25, 0.3) is 0 Å². The molecular weight excluding hydrogens is 682 g/mol. The van der Waals surface area contributed by atoms with Gasteiger partial charge in [0.15, 0.2) is 0 Å². The first-order chi connectivity index (χ1) is 26.0. The summed E-state index contributed by atoms with van der Waals surface area (Å²) in [5.41, 5.74) is 4.83. The molecule has 0 saturated carbocycles. The number of nitrogens with one attached hydrogen (secondary N) is 2. The van der Waals surface area contributed by atoms with Crippen LogP contribution in [0.5, 0.6) is 0 Å². The number of ether oxygens (including phenoxy) is 1. The highest BCUT2D eigenvalue weighted by Gasteiger charge is 2.38. The lowest BCUT2D eigenvalue weighted by atomic mass is 10.0. The number of imidazole rings is 2. The molecule has 5 aromatic rings. The standard InChI is InChI=1S/C43H50FN7O3/c1-6-49(7-2)38(30-13-9-8-10-14-30)41(52)50-23-11-15-36(50)39-45-26-34(47-39)29-19-17-28(18-20-29)31-21-22-32(33(44)25-31)35-27-46-40(48-35)37-16-12-24-51(37)42(53)54-43(3,4)5/h8-10,13-14,17-22,25-27,36-38H,6-7,11-12,15-16,23-24H2,1-5H3,(H,45,47)(H,46,48)/t36-,37-,38+/m0/s1. The highest BCUT2D eigenvalue weighted by atomic mass is 19.1. The Morgan fingerprint density at radius 3 is 2.02 bits per heavy atom. The highest BCUT2D eigenvalue weighted by Crippen LogP contribution is 2.37. The molecule has 4 heterocycles. The minimum atomic E-state index is -0.592. The Bertz CT molecular complexity index is 2070. The van der Waals surface area contributed by atoms with E-state index in [1.807, 2.05) is 92.5 Å². The Morgan fingerprint density at radius 1 is 0.815 bits per heavy atom. The summed E-state index contributed by atoms with van der Waals surface area (Å²) in [7, 11) is 0. The summed E-state index contributed by atoms with van der Waals surface area (Å²) in [4.78, 5) is 49.0. The monoisotopic (exact) mass is 731 g/mol. The van der Waals surface area contributed by atoms with Crippen LogP contribution in [-0.4, -0.2) is 78.4 Å². The minimum absolute atomic E-state index is 0.111. The molecule has 2 aromatic heterocycles. The van der Waals surface area contributed by atoms with Crippen molar-refractivity contribution < 1.29 is 18.7 Å². The Kier molecular flexibility index (Phi) is 10.7. The van der Waals surface area contributed by atoms with Crippen molar-refractivity contribution >= 4 is 12.0 Å². The van der Waals surface area contributed by atoms with Crippen LogP contribution in [0.4, 0.5) is 9.18 Å². The van der Waals surface area contributed by atoms with Crippen LogP contribution in [0, 0.1) is 5.82 Å². The summed E-state index contributed by atoms with van der Waals surface area (Å²) in [5.74, 6) is 1.15. The number of H-pyrrole nitrogens is 2. The van der Waals surface area contributed by atoms with Crippen LogP contribution in [0.15, 0.2) is 85.2 Å². The fraction of sp³-hybridized carbons (Fsp3) is 0.395. The van der Waals surface area contributed by atoms with Gasteiger partial charge in [0.1, 0.15) is 29.1 Å². The number of rotatable bonds is 10. The highest BCUT2D eigenvalue weighted by molar-refractivity contribution is 5.84. The summed E-state index contributed by atoms with van der Waals surface area (Å²) < 4.78 is 21.2. The van der Waals surface area contributed by atoms with Crippen molar-refractivity contribution in [2.24, 2.45) is 0 Å². The van der Waals surface area contributed by atoms with Gasteiger partial charge in [-0.2, -0.15) is 0 Å². The number of aromatic nitrogens is 4. The van der Waals surface area contributed by atoms with Crippen molar-refractivity contribution in [3.8, 4) is 33.6 Å². The average molecular weight is 732 g/mol. The first kappa shape index (κ1) is 37.0. The number of nitrogens with zero attached hydrogens (tertiary/aromatic N) is 5. The van der Waals surface area contributed by atoms with Crippen LogP contribution < -0.4 is 0 Å². The molecular formula is C43H50FN7O3. The molecule has 282 valence electrons. The number of amides is 2. The number of carbonyl (C=O) groups is 2. The molecule has 0 radical (unpaired) electrons. The van der Waals surface area contributed by atoms with Crippen LogP contribution in [-0.2, 0) is 9.53 Å². The van der Waals surface area contributed by atoms with Gasteiger partial charge < -0.3 is 19.6 Å². The molecule has 2 amide bonds. The van der Waals surface area contributed by atoms with Gasteiger partial charge >= 0.3 is 6.09 Å². The maximum absolute atomic E-state index is 15.6. The Morgan fingerprint density at radius 2 is 1.39 bits per heavy atom. The zero-order chi connectivity index (χ0) is 38.0. The third kappa shape index (κ3) is 7.68. The molecule has 2 aliphatic heterocycles. The molecule has 2 aliphatic rings. The second kappa shape index (κ2) is 15.6. The predicted octanol–water partition coefficient (Wildman–Crippen LogP) is 9.09. The molecule has 2 N–H and O–H groups in total. The first-order valence-electron chi connectivity index (χ1n) is 19.1. The van der Waals surface area contributed by atoms with Crippen LogP contribution in [0.2, 0.25) is 0 Å². The lowest BCUT2D eigenvalue weighted by molar-refractivity contribution is -0.138. The Hall–Kier alpha value is -5.29. The number of benzene rings is 3. The molecule has 0 bridgehead atoms. The number of aromatic amines is 2. The van der Waals surface area contributed by atoms with Gasteiger partial charge in [-0.25, -0.2) is 19.2 Å². The maximum Gasteiger partial charge on any atom is 0.410 e. The average Bonchev–Trinajstić information content (AvgIpc) is 4.00. The van der Waals surface area contributed by atoms with Gasteiger partial charge in [-0.15, -0.1) is 0 Å². The smallest absolute Gasteiger partial charge is 0.410 e. The van der Waals surface area contributed by atoms with Crippen molar-refractivity contribution in [1.82, 2.24) is 34.6 Å². The van der Waals surface area contributed by atoms with E-state index in [0.717, 1.165) is 72.5 Å². The van der Waals surface area contributed by atoms with Crippen molar-refractivity contribution in [3.63, 3.8) is 0 Å². The van der Waals surface area contributed by atoms with Gasteiger partial charge in [0.05, 0.1) is 35.9 Å². The molecule has 2 fully saturated rings. The summed E-state index contributed by atoms with van der Waals surface area (Å²) in [5, 5.41) is 0. The molecule has 0 aliphatic carbocycles. The SMILES string of the molecule is CCN(CC)[C@@H](C(=O)N1CCC[C@H]1c1ncc(-c2ccc(-c3ccc(-c4cnc([C@@H]5CCCN5C(=O)OC(C)(C)C)[nH]4)c(F)c3)cc2)[nH]1)c1ccccc1. The molecule has 0 unspecified atom stereocenters. The topological polar surface area (TPSA) is 110 Å². The summed E-state index contributed by atoms with van der Waals surface area (Å²) in [6.07, 6.45) is 6.46. The molecule has 7 rings (SSSR count). The Labute approximate surface area is 316 Å². The lowest BCUT2D eigenvalue weighted by Gasteiger charge is -2.34. The zero-order valence-electron chi connectivity index (χ0n) is 31.8. The molecule has 3 aromatic carbocycles. The van der Waals surface area contributed by atoms with Gasteiger partial charge in [-0.05, 0) is 93.9 Å². The van der Waals surface area contributed by atoms with Crippen molar-refractivity contribution in [2.75, 3.05) is 26.2 Å². The second-order valence-electron chi connectivity index (χ2n) is 15.2. The van der Waals surface area contributed by atoms with E-state index in [4.69, 9.17) is 9.72 Å². The van der Waals surface area contributed by atoms with Crippen LogP contribution in [0.25, 0.3) is 33.6 Å². The van der Waals surface area contributed by atoms with E-state index in [2.05, 4.69) is 33.7 Å². The molecule has 3 atom stereocenters. The van der Waals surface area contributed by atoms with E-state index in [1.165, 1.54) is 6.07 Å². The normalized spacial score (nSPS) is 18.1.